The summed E-state index contributed by atoms with van der Waals surface area (Å²) in [5.74, 6) is 1.47. The van der Waals surface area contributed by atoms with Gasteiger partial charge < -0.3 is 5.32 Å². The van der Waals surface area contributed by atoms with Crippen LogP contribution in [0.15, 0.2) is 23.8 Å². The monoisotopic (exact) mass is 246 g/mol. The summed E-state index contributed by atoms with van der Waals surface area (Å²) in [6, 6.07) is 1.80. The first-order valence-corrected chi connectivity index (χ1v) is 6.76. The molecule has 1 aliphatic carbocycles. The topological polar surface area (TPSA) is 50.7 Å². The first-order chi connectivity index (χ1) is 8.40. The van der Waals surface area contributed by atoms with Gasteiger partial charge in [-0.2, -0.15) is 0 Å². The Labute approximate surface area is 104 Å². The van der Waals surface area contributed by atoms with E-state index in [4.69, 9.17) is 0 Å². The van der Waals surface area contributed by atoms with Crippen LogP contribution in [0.3, 0.4) is 0 Å². The van der Waals surface area contributed by atoms with Gasteiger partial charge in [-0.25, -0.2) is 15.0 Å². The lowest BCUT2D eigenvalue weighted by Gasteiger charge is -2.24. The van der Waals surface area contributed by atoms with Crippen LogP contribution in [0.25, 0.3) is 0 Å². The maximum atomic E-state index is 4.55. The molecule has 5 heteroatoms. The van der Waals surface area contributed by atoms with Gasteiger partial charge in [0, 0.05) is 17.8 Å². The molecule has 4 nitrogen and oxygen atoms in total. The molecule has 17 heavy (non-hydrogen) atoms. The second kappa shape index (κ2) is 4.79. The molecule has 1 N–H and O–H groups in total. The lowest BCUT2D eigenvalue weighted by atomic mass is 9.82. The van der Waals surface area contributed by atoms with Crippen LogP contribution >= 0.6 is 11.3 Å². The van der Waals surface area contributed by atoms with Crippen LogP contribution in [0.4, 0.5) is 11.1 Å². The Bertz CT molecular complexity index is 478. The van der Waals surface area contributed by atoms with Crippen molar-refractivity contribution in [3.05, 3.63) is 29.5 Å². The van der Waals surface area contributed by atoms with E-state index in [-0.39, 0.29) is 0 Å². The Morgan fingerprint density at radius 3 is 2.82 bits per heavy atom. The van der Waals surface area contributed by atoms with Crippen molar-refractivity contribution in [2.24, 2.45) is 5.92 Å². The first kappa shape index (κ1) is 10.7. The van der Waals surface area contributed by atoms with Crippen LogP contribution in [0.1, 0.15) is 25.0 Å². The number of anilines is 2. The molecule has 0 atom stereocenters. The maximum Gasteiger partial charge on any atom is 0.228 e. The highest BCUT2D eigenvalue weighted by atomic mass is 32.1. The second-order valence-corrected chi connectivity index (χ2v) is 5.20. The van der Waals surface area contributed by atoms with E-state index in [1.165, 1.54) is 25.0 Å². The average molecular weight is 246 g/mol. The Morgan fingerprint density at radius 2 is 2.12 bits per heavy atom. The van der Waals surface area contributed by atoms with Gasteiger partial charge in [0.2, 0.25) is 5.95 Å². The van der Waals surface area contributed by atoms with Gasteiger partial charge in [-0.15, -0.1) is 11.3 Å². The highest BCUT2D eigenvalue weighted by Gasteiger charge is 2.18. The Kier molecular flexibility index (Phi) is 3.00. The minimum Gasteiger partial charge on any atom is -0.300 e. The molecule has 0 bridgehead atoms. The van der Waals surface area contributed by atoms with Crippen LogP contribution in [-0.4, -0.2) is 15.0 Å². The largest absolute Gasteiger partial charge is 0.300 e. The number of nitrogens with zero attached hydrogens (tertiary/aromatic N) is 3. The summed E-state index contributed by atoms with van der Waals surface area (Å²) in [6.07, 6.45) is 8.67. The van der Waals surface area contributed by atoms with Crippen molar-refractivity contribution in [3.8, 4) is 0 Å². The zero-order valence-corrected chi connectivity index (χ0v) is 10.3. The third kappa shape index (κ3) is 2.61. The molecule has 0 aliphatic heterocycles. The van der Waals surface area contributed by atoms with Crippen molar-refractivity contribution in [3.63, 3.8) is 0 Å². The Balaban J connectivity index is 1.64. The number of hydrogen-bond acceptors (Lipinski definition) is 5. The summed E-state index contributed by atoms with van der Waals surface area (Å²) in [7, 11) is 0. The fourth-order valence-corrected chi connectivity index (χ4v) is 2.63. The van der Waals surface area contributed by atoms with Gasteiger partial charge in [0.15, 0.2) is 5.13 Å². The third-order valence-electron chi connectivity index (χ3n) is 3.06. The van der Waals surface area contributed by atoms with E-state index < -0.39 is 0 Å². The highest BCUT2D eigenvalue weighted by molar-refractivity contribution is 7.13. The van der Waals surface area contributed by atoms with E-state index >= 15 is 0 Å². The highest BCUT2D eigenvalue weighted by Crippen LogP contribution is 2.30. The van der Waals surface area contributed by atoms with Gasteiger partial charge in [-0.05, 0) is 18.4 Å². The molecule has 1 aliphatic rings. The molecule has 88 valence electrons. The van der Waals surface area contributed by atoms with Gasteiger partial charge in [-0.1, -0.05) is 19.3 Å². The van der Waals surface area contributed by atoms with Crippen LogP contribution in [-0.2, 0) is 6.42 Å². The van der Waals surface area contributed by atoms with Crippen molar-refractivity contribution in [2.75, 3.05) is 5.32 Å². The molecule has 0 unspecified atom stereocenters. The molecule has 0 aromatic carbocycles. The van der Waals surface area contributed by atoms with Gasteiger partial charge >= 0.3 is 0 Å². The molecule has 3 rings (SSSR count). The SMILES string of the molecule is c1cnc(Nc2nc(CC3CCC3)cs2)nc1. The summed E-state index contributed by atoms with van der Waals surface area (Å²) >= 11 is 1.62. The van der Waals surface area contributed by atoms with E-state index in [1.54, 1.807) is 29.8 Å². The molecule has 0 radical (unpaired) electrons. The van der Waals surface area contributed by atoms with Gasteiger partial charge in [0.1, 0.15) is 0 Å². The van der Waals surface area contributed by atoms with Crippen molar-refractivity contribution >= 4 is 22.4 Å². The van der Waals surface area contributed by atoms with Gasteiger partial charge in [0.25, 0.3) is 0 Å². The minimum atomic E-state index is 0.608. The standard InChI is InChI=1S/C12H14N4S/c1-3-9(4-1)7-10-8-17-12(15-10)16-11-13-5-2-6-14-11/h2,5-6,8-9H,1,3-4,7H2,(H,13,14,15,16). The summed E-state index contributed by atoms with van der Waals surface area (Å²) in [6.45, 7) is 0. The summed E-state index contributed by atoms with van der Waals surface area (Å²) in [4.78, 5) is 12.8. The summed E-state index contributed by atoms with van der Waals surface area (Å²) in [5.41, 5.74) is 1.19. The summed E-state index contributed by atoms with van der Waals surface area (Å²) < 4.78 is 0. The second-order valence-electron chi connectivity index (χ2n) is 4.34. The first-order valence-electron chi connectivity index (χ1n) is 5.88. The van der Waals surface area contributed by atoms with Crippen molar-refractivity contribution in [1.82, 2.24) is 15.0 Å². The third-order valence-corrected chi connectivity index (χ3v) is 3.87. The summed E-state index contributed by atoms with van der Waals surface area (Å²) in [5, 5.41) is 6.13. The van der Waals surface area contributed by atoms with E-state index in [0.717, 1.165) is 17.5 Å². The van der Waals surface area contributed by atoms with Gasteiger partial charge in [-0.3, -0.25) is 0 Å². The number of rotatable bonds is 4. The molecule has 0 amide bonds. The molecular weight excluding hydrogens is 232 g/mol. The smallest absolute Gasteiger partial charge is 0.228 e. The van der Waals surface area contributed by atoms with Crippen LogP contribution in [0, 0.1) is 5.92 Å². The minimum absolute atomic E-state index is 0.608. The molecule has 0 spiro atoms. The van der Waals surface area contributed by atoms with Crippen molar-refractivity contribution < 1.29 is 0 Å². The van der Waals surface area contributed by atoms with Crippen molar-refractivity contribution in [1.29, 1.82) is 0 Å². The molecule has 0 saturated heterocycles. The predicted octanol–water partition coefficient (Wildman–Crippen LogP) is 3.02. The van der Waals surface area contributed by atoms with Gasteiger partial charge in [0.05, 0.1) is 5.69 Å². The lowest BCUT2D eigenvalue weighted by Crippen LogP contribution is -2.13. The fraction of sp³-hybridized carbons (Fsp3) is 0.417. The Morgan fingerprint density at radius 1 is 1.29 bits per heavy atom. The molecule has 1 fully saturated rings. The fourth-order valence-electron chi connectivity index (χ4n) is 1.91. The van der Waals surface area contributed by atoms with E-state index in [1.807, 2.05) is 0 Å². The number of thiazole rings is 1. The number of nitrogens with one attached hydrogen (secondary N) is 1. The average Bonchev–Trinajstić information content (AvgIpc) is 2.73. The maximum absolute atomic E-state index is 4.55. The predicted molar refractivity (Wildman–Crippen MR) is 68.5 cm³/mol. The lowest BCUT2D eigenvalue weighted by molar-refractivity contribution is 0.312. The molecule has 2 aromatic rings. The number of aromatic nitrogens is 3. The molecule has 2 heterocycles. The molecule has 1 saturated carbocycles. The van der Waals surface area contributed by atoms with E-state index in [0.29, 0.717) is 5.95 Å². The van der Waals surface area contributed by atoms with E-state index in [2.05, 4.69) is 25.6 Å². The van der Waals surface area contributed by atoms with Crippen molar-refractivity contribution in [2.45, 2.75) is 25.7 Å². The van der Waals surface area contributed by atoms with Crippen LogP contribution in [0.2, 0.25) is 0 Å². The van der Waals surface area contributed by atoms with Crippen LogP contribution < -0.4 is 5.32 Å². The van der Waals surface area contributed by atoms with Crippen LogP contribution in [0.5, 0.6) is 0 Å². The normalized spacial score (nSPS) is 15.5. The zero-order valence-electron chi connectivity index (χ0n) is 9.47. The zero-order chi connectivity index (χ0) is 11.5. The van der Waals surface area contributed by atoms with E-state index in [9.17, 15) is 0 Å². The molecular formula is C12H14N4S. The Hall–Kier alpha value is -1.49. The quantitative estimate of drug-likeness (QED) is 0.901. The number of hydrogen-bond donors (Lipinski definition) is 1. The molecule has 2 aromatic heterocycles.